The lowest BCUT2D eigenvalue weighted by Crippen LogP contribution is -2.42. The summed E-state index contributed by atoms with van der Waals surface area (Å²) in [5.74, 6) is -1.65. The maximum absolute atomic E-state index is 11.7. The number of aromatic nitrogens is 2. The summed E-state index contributed by atoms with van der Waals surface area (Å²) >= 11 is 0. The molecule has 0 saturated heterocycles. The maximum Gasteiger partial charge on any atom is 0.318 e. The van der Waals surface area contributed by atoms with Crippen molar-refractivity contribution < 1.29 is 14.7 Å². The standard InChI is InChI=1S/C11H17N3O3/c1-7-8(6-14(4)13-7)5-12-9(15)11(2,3)10(16)17/h6H,5H2,1-4H3,(H,12,15)(H,16,17). The van der Waals surface area contributed by atoms with Gasteiger partial charge < -0.3 is 10.4 Å². The molecule has 6 nitrogen and oxygen atoms in total. The lowest BCUT2D eigenvalue weighted by atomic mass is 9.92. The van der Waals surface area contributed by atoms with E-state index in [2.05, 4.69) is 10.4 Å². The SMILES string of the molecule is Cc1nn(C)cc1CNC(=O)C(C)(C)C(=O)O. The van der Waals surface area contributed by atoms with Crippen molar-refractivity contribution in [2.75, 3.05) is 0 Å². The third kappa shape index (κ3) is 2.83. The summed E-state index contributed by atoms with van der Waals surface area (Å²) in [4.78, 5) is 22.5. The van der Waals surface area contributed by atoms with E-state index < -0.39 is 17.3 Å². The van der Waals surface area contributed by atoms with Crippen molar-refractivity contribution in [3.63, 3.8) is 0 Å². The summed E-state index contributed by atoms with van der Waals surface area (Å²) in [6.07, 6.45) is 1.80. The van der Waals surface area contributed by atoms with Gasteiger partial charge in [-0.05, 0) is 20.8 Å². The molecule has 0 aliphatic heterocycles. The molecule has 1 rings (SSSR count). The van der Waals surface area contributed by atoms with Crippen LogP contribution in [0.5, 0.6) is 0 Å². The van der Waals surface area contributed by atoms with Gasteiger partial charge >= 0.3 is 5.97 Å². The Kier molecular flexibility index (Phi) is 3.55. The number of nitrogens with zero attached hydrogens (tertiary/aromatic N) is 2. The number of aryl methyl sites for hydroxylation is 2. The minimum atomic E-state index is -1.42. The molecule has 0 aliphatic carbocycles. The Labute approximate surface area is 99.6 Å². The fourth-order valence-electron chi connectivity index (χ4n) is 1.32. The quantitative estimate of drug-likeness (QED) is 0.747. The lowest BCUT2D eigenvalue weighted by molar-refractivity contribution is -0.153. The number of carboxylic acid groups (broad SMARTS) is 1. The average Bonchev–Trinajstić information content (AvgIpc) is 2.53. The second kappa shape index (κ2) is 4.57. The molecule has 94 valence electrons. The van der Waals surface area contributed by atoms with Crippen LogP contribution in [0.15, 0.2) is 6.20 Å². The molecule has 0 saturated carbocycles. The Morgan fingerprint density at radius 2 is 2.12 bits per heavy atom. The molecule has 0 spiro atoms. The number of hydrogen-bond donors (Lipinski definition) is 2. The largest absolute Gasteiger partial charge is 0.480 e. The molecule has 0 aromatic carbocycles. The first-order valence-corrected chi connectivity index (χ1v) is 5.26. The van der Waals surface area contributed by atoms with E-state index in [1.165, 1.54) is 13.8 Å². The topological polar surface area (TPSA) is 84.2 Å². The molecule has 1 heterocycles. The lowest BCUT2D eigenvalue weighted by Gasteiger charge is -2.18. The summed E-state index contributed by atoms with van der Waals surface area (Å²) in [5, 5.41) is 15.6. The zero-order valence-corrected chi connectivity index (χ0v) is 10.4. The maximum atomic E-state index is 11.7. The Balaban J connectivity index is 2.66. The Morgan fingerprint density at radius 3 is 2.53 bits per heavy atom. The predicted octanol–water partition coefficient (Wildman–Crippen LogP) is 0.456. The second-order valence-corrected chi connectivity index (χ2v) is 4.53. The van der Waals surface area contributed by atoms with Gasteiger partial charge in [0.1, 0.15) is 5.41 Å². The van der Waals surface area contributed by atoms with Crippen LogP contribution in [0.1, 0.15) is 25.1 Å². The van der Waals surface area contributed by atoms with Gasteiger partial charge in [0, 0.05) is 25.4 Å². The predicted molar refractivity (Wildman–Crippen MR) is 61.2 cm³/mol. The fourth-order valence-corrected chi connectivity index (χ4v) is 1.32. The third-order valence-electron chi connectivity index (χ3n) is 2.66. The number of nitrogens with one attached hydrogen (secondary N) is 1. The molecule has 0 atom stereocenters. The van der Waals surface area contributed by atoms with Crippen LogP contribution < -0.4 is 5.32 Å². The van der Waals surface area contributed by atoms with Gasteiger partial charge in [0.25, 0.3) is 0 Å². The van der Waals surface area contributed by atoms with E-state index in [-0.39, 0.29) is 6.54 Å². The first kappa shape index (κ1) is 13.2. The van der Waals surface area contributed by atoms with Crippen LogP contribution in [-0.4, -0.2) is 26.8 Å². The van der Waals surface area contributed by atoms with Gasteiger partial charge in [-0.15, -0.1) is 0 Å². The highest BCUT2D eigenvalue weighted by Gasteiger charge is 2.35. The highest BCUT2D eigenvalue weighted by Crippen LogP contribution is 2.15. The van der Waals surface area contributed by atoms with Crippen molar-refractivity contribution in [1.29, 1.82) is 0 Å². The van der Waals surface area contributed by atoms with Gasteiger partial charge in [0.2, 0.25) is 5.91 Å². The zero-order valence-electron chi connectivity index (χ0n) is 10.4. The van der Waals surface area contributed by atoms with Crippen LogP contribution in [0, 0.1) is 12.3 Å². The molecule has 0 bridgehead atoms. The van der Waals surface area contributed by atoms with Crippen molar-refractivity contribution in [3.05, 3.63) is 17.5 Å². The van der Waals surface area contributed by atoms with Gasteiger partial charge in [-0.2, -0.15) is 5.10 Å². The summed E-state index contributed by atoms with van der Waals surface area (Å²) in [6.45, 7) is 4.88. The van der Waals surface area contributed by atoms with Crippen molar-refractivity contribution >= 4 is 11.9 Å². The first-order valence-electron chi connectivity index (χ1n) is 5.26. The molecule has 2 N–H and O–H groups in total. The number of hydrogen-bond acceptors (Lipinski definition) is 3. The van der Waals surface area contributed by atoms with Crippen molar-refractivity contribution in [1.82, 2.24) is 15.1 Å². The highest BCUT2D eigenvalue weighted by molar-refractivity contribution is 6.00. The zero-order chi connectivity index (χ0) is 13.2. The van der Waals surface area contributed by atoms with Gasteiger partial charge in [0.05, 0.1) is 5.69 Å². The smallest absolute Gasteiger partial charge is 0.318 e. The van der Waals surface area contributed by atoms with Gasteiger partial charge in [-0.25, -0.2) is 0 Å². The van der Waals surface area contributed by atoms with Crippen LogP contribution in [0.3, 0.4) is 0 Å². The molecular weight excluding hydrogens is 222 g/mol. The highest BCUT2D eigenvalue weighted by atomic mass is 16.4. The number of amides is 1. The van der Waals surface area contributed by atoms with Crippen LogP contribution in [0.4, 0.5) is 0 Å². The monoisotopic (exact) mass is 239 g/mol. The molecule has 0 aliphatic rings. The minimum absolute atomic E-state index is 0.287. The second-order valence-electron chi connectivity index (χ2n) is 4.53. The summed E-state index contributed by atoms with van der Waals surface area (Å²) < 4.78 is 1.65. The Morgan fingerprint density at radius 1 is 1.53 bits per heavy atom. The van der Waals surface area contributed by atoms with E-state index >= 15 is 0 Å². The van der Waals surface area contributed by atoms with Crippen LogP contribution in [0.2, 0.25) is 0 Å². The van der Waals surface area contributed by atoms with Gasteiger partial charge in [-0.3, -0.25) is 14.3 Å². The molecule has 0 unspecified atom stereocenters. The van der Waals surface area contributed by atoms with Crippen LogP contribution in [-0.2, 0) is 23.2 Å². The minimum Gasteiger partial charge on any atom is -0.480 e. The van der Waals surface area contributed by atoms with Gasteiger partial charge in [-0.1, -0.05) is 0 Å². The summed E-state index contributed by atoms with van der Waals surface area (Å²) in [5.41, 5.74) is 0.277. The molecule has 1 aromatic heterocycles. The van der Waals surface area contributed by atoms with Crippen LogP contribution in [0.25, 0.3) is 0 Å². The fraction of sp³-hybridized carbons (Fsp3) is 0.545. The van der Waals surface area contributed by atoms with Crippen LogP contribution >= 0.6 is 0 Å². The molecule has 17 heavy (non-hydrogen) atoms. The molecular formula is C11H17N3O3. The molecule has 0 radical (unpaired) electrons. The molecule has 0 fully saturated rings. The van der Waals surface area contributed by atoms with E-state index in [0.29, 0.717) is 0 Å². The Hall–Kier alpha value is -1.85. The summed E-state index contributed by atoms with van der Waals surface area (Å²) in [6, 6.07) is 0. The summed E-state index contributed by atoms with van der Waals surface area (Å²) in [7, 11) is 1.79. The third-order valence-corrected chi connectivity index (χ3v) is 2.66. The number of carbonyl (C=O) groups is 2. The number of rotatable bonds is 4. The van der Waals surface area contributed by atoms with E-state index in [0.717, 1.165) is 11.3 Å². The van der Waals surface area contributed by atoms with Gasteiger partial charge in [0.15, 0.2) is 0 Å². The molecule has 1 amide bonds. The average molecular weight is 239 g/mol. The normalized spacial score (nSPS) is 11.3. The van der Waals surface area contributed by atoms with E-state index in [1.54, 1.807) is 17.9 Å². The number of carboxylic acids is 1. The molecule has 6 heteroatoms. The van der Waals surface area contributed by atoms with Crippen molar-refractivity contribution in [2.45, 2.75) is 27.3 Å². The number of aliphatic carboxylic acids is 1. The first-order chi connectivity index (χ1) is 7.75. The van der Waals surface area contributed by atoms with Crippen molar-refractivity contribution in [3.8, 4) is 0 Å². The van der Waals surface area contributed by atoms with Crippen molar-refractivity contribution in [2.24, 2.45) is 12.5 Å². The van der Waals surface area contributed by atoms with E-state index in [9.17, 15) is 9.59 Å². The number of carbonyl (C=O) groups excluding carboxylic acids is 1. The Bertz CT molecular complexity index is 449. The van der Waals surface area contributed by atoms with E-state index in [4.69, 9.17) is 5.11 Å². The molecule has 1 aromatic rings. The van der Waals surface area contributed by atoms with E-state index in [1.807, 2.05) is 6.92 Å².